The van der Waals surface area contributed by atoms with Crippen LogP contribution in [0.5, 0.6) is 5.75 Å². The first kappa shape index (κ1) is 20.0. The third kappa shape index (κ3) is 4.93. The molecule has 28 heavy (non-hydrogen) atoms. The van der Waals surface area contributed by atoms with Gasteiger partial charge in [-0.05, 0) is 47.2 Å². The van der Waals surface area contributed by atoms with Crippen molar-refractivity contribution >= 4 is 23.2 Å². The average molecular weight is 394 g/mol. The molecule has 0 aliphatic heterocycles. The summed E-state index contributed by atoms with van der Waals surface area (Å²) in [6, 6.07) is 23.4. The number of carbonyl (C=O) groups is 1. The number of carbonyl (C=O) groups excluding carboxylic acids is 1. The van der Waals surface area contributed by atoms with E-state index in [2.05, 4.69) is 19.2 Å². The summed E-state index contributed by atoms with van der Waals surface area (Å²) >= 11 is 6.35. The van der Waals surface area contributed by atoms with Crippen molar-refractivity contribution in [3.05, 3.63) is 83.4 Å². The lowest BCUT2D eigenvalue weighted by atomic mass is 9.97. The molecule has 0 radical (unpaired) electrons. The van der Waals surface area contributed by atoms with Crippen molar-refractivity contribution in [2.24, 2.45) is 0 Å². The van der Waals surface area contributed by atoms with Gasteiger partial charge in [0, 0.05) is 5.69 Å². The highest BCUT2D eigenvalue weighted by Gasteiger charge is 2.12. The minimum atomic E-state index is -0.209. The Morgan fingerprint density at radius 1 is 1.00 bits per heavy atom. The Morgan fingerprint density at radius 2 is 1.71 bits per heavy atom. The molecule has 0 saturated carbocycles. The van der Waals surface area contributed by atoms with Crippen molar-refractivity contribution in [3.8, 4) is 16.9 Å². The zero-order valence-corrected chi connectivity index (χ0v) is 16.9. The van der Waals surface area contributed by atoms with E-state index in [1.807, 2.05) is 66.7 Å². The van der Waals surface area contributed by atoms with Gasteiger partial charge in [-0.1, -0.05) is 80.0 Å². The second-order valence-corrected chi connectivity index (χ2v) is 7.15. The first-order valence-electron chi connectivity index (χ1n) is 9.45. The topological polar surface area (TPSA) is 38.3 Å². The largest absolute Gasteiger partial charge is 0.482 e. The van der Waals surface area contributed by atoms with E-state index in [4.69, 9.17) is 16.3 Å². The lowest BCUT2D eigenvalue weighted by Crippen LogP contribution is -2.21. The maximum Gasteiger partial charge on any atom is 0.262 e. The Balaban J connectivity index is 1.64. The molecule has 0 unspecified atom stereocenters. The molecule has 3 aromatic rings. The predicted octanol–water partition coefficient (Wildman–Crippen LogP) is 6.54. The molecule has 0 aromatic heterocycles. The summed E-state index contributed by atoms with van der Waals surface area (Å²) in [7, 11) is 0. The zero-order chi connectivity index (χ0) is 19.9. The van der Waals surface area contributed by atoms with E-state index >= 15 is 0 Å². The van der Waals surface area contributed by atoms with E-state index in [1.54, 1.807) is 6.07 Å². The SMILES string of the molecule is CC[C@@H](C)c1ccccc1NC(=O)COc1ccc(-c2ccccc2)cc1Cl. The number of nitrogens with one attached hydrogen (secondary N) is 1. The van der Waals surface area contributed by atoms with Crippen molar-refractivity contribution in [3.63, 3.8) is 0 Å². The summed E-state index contributed by atoms with van der Waals surface area (Å²) in [6.45, 7) is 4.18. The Kier molecular flexibility index (Phi) is 6.72. The van der Waals surface area contributed by atoms with Crippen LogP contribution in [0.4, 0.5) is 5.69 Å². The summed E-state index contributed by atoms with van der Waals surface area (Å²) < 4.78 is 5.64. The fourth-order valence-electron chi connectivity index (χ4n) is 3.02. The number of amides is 1. The van der Waals surface area contributed by atoms with E-state index in [1.165, 1.54) is 0 Å². The normalized spacial score (nSPS) is 11.7. The number of halogens is 1. The van der Waals surface area contributed by atoms with Crippen LogP contribution < -0.4 is 10.1 Å². The van der Waals surface area contributed by atoms with Crippen LogP contribution in [0.1, 0.15) is 31.7 Å². The molecule has 1 amide bonds. The van der Waals surface area contributed by atoms with Gasteiger partial charge in [-0.25, -0.2) is 0 Å². The molecule has 0 spiro atoms. The molecule has 1 atom stereocenters. The van der Waals surface area contributed by atoms with Gasteiger partial charge in [0.2, 0.25) is 0 Å². The van der Waals surface area contributed by atoms with Crippen LogP contribution in [0, 0.1) is 0 Å². The molecule has 0 aliphatic rings. The maximum atomic E-state index is 12.4. The van der Waals surface area contributed by atoms with Crippen molar-refractivity contribution in [1.29, 1.82) is 0 Å². The molecule has 3 aromatic carbocycles. The predicted molar refractivity (Wildman–Crippen MR) is 116 cm³/mol. The van der Waals surface area contributed by atoms with Crippen molar-refractivity contribution < 1.29 is 9.53 Å². The van der Waals surface area contributed by atoms with E-state index in [9.17, 15) is 4.79 Å². The number of rotatable bonds is 7. The molecule has 0 fully saturated rings. The second-order valence-electron chi connectivity index (χ2n) is 6.74. The summed E-state index contributed by atoms with van der Waals surface area (Å²) in [5.74, 6) is 0.656. The first-order valence-corrected chi connectivity index (χ1v) is 9.82. The van der Waals surface area contributed by atoms with Gasteiger partial charge in [0.25, 0.3) is 5.91 Å². The Labute approximate surface area is 171 Å². The number of para-hydroxylation sites is 1. The average Bonchev–Trinajstić information content (AvgIpc) is 2.73. The third-order valence-corrected chi connectivity index (χ3v) is 5.07. The summed E-state index contributed by atoms with van der Waals surface area (Å²) in [6.07, 6.45) is 1.01. The molecule has 3 rings (SSSR count). The van der Waals surface area contributed by atoms with Crippen molar-refractivity contribution in [2.75, 3.05) is 11.9 Å². The fraction of sp³-hybridized carbons (Fsp3) is 0.208. The summed E-state index contributed by atoms with van der Waals surface area (Å²) in [5.41, 5.74) is 4.04. The summed E-state index contributed by atoms with van der Waals surface area (Å²) in [4.78, 5) is 12.4. The minimum absolute atomic E-state index is 0.0980. The van der Waals surface area contributed by atoms with Crippen LogP contribution in [-0.4, -0.2) is 12.5 Å². The highest BCUT2D eigenvalue weighted by Crippen LogP contribution is 2.30. The Hall–Kier alpha value is -2.78. The number of hydrogen-bond acceptors (Lipinski definition) is 2. The third-order valence-electron chi connectivity index (χ3n) is 4.78. The quantitative estimate of drug-likeness (QED) is 0.495. The maximum absolute atomic E-state index is 12.4. The smallest absolute Gasteiger partial charge is 0.262 e. The summed E-state index contributed by atoms with van der Waals surface area (Å²) in [5, 5.41) is 3.43. The molecular formula is C24H24ClNO2. The Bertz CT molecular complexity index is 940. The van der Waals surface area contributed by atoms with E-state index in [0.717, 1.165) is 28.8 Å². The number of ether oxygens (including phenoxy) is 1. The van der Waals surface area contributed by atoms with Gasteiger partial charge in [-0.3, -0.25) is 4.79 Å². The molecular weight excluding hydrogens is 370 g/mol. The van der Waals surface area contributed by atoms with E-state index in [-0.39, 0.29) is 12.5 Å². The first-order chi connectivity index (χ1) is 13.6. The van der Waals surface area contributed by atoms with E-state index < -0.39 is 0 Å². The van der Waals surface area contributed by atoms with Crippen LogP contribution >= 0.6 is 11.6 Å². The molecule has 3 nitrogen and oxygen atoms in total. The van der Waals surface area contributed by atoms with Gasteiger partial charge >= 0.3 is 0 Å². The van der Waals surface area contributed by atoms with Crippen LogP contribution in [0.3, 0.4) is 0 Å². The molecule has 4 heteroatoms. The van der Waals surface area contributed by atoms with Crippen LogP contribution in [0.2, 0.25) is 5.02 Å². The fourth-order valence-corrected chi connectivity index (χ4v) is 3.25. The second kappa shape index (κ2) is 9.43. The standard InChI is InChI=1S/C24H24ClNO2/c1-3-17(2)20-11-7-8-12-22(20)26-24(27)16-28-23-14-13-19(15-21(23)25)18-9-5-4-6-10-18/h4-15,17H,3,16H2,1-2H3,(H,26,27)/t17-/m1/s1. The van der Waals surface area contributed by atoms with Crippen LogP contribution in [0.15, 0.2) is 72.8 Å². The minimum Gasteiger partial charge on any atom is -0.482 e. The van der Waals surface area contributed by atoms with Gasteiger partial charge in [0.05, 0.1) is 5.02 Å². The van der Waals surface area contributed by atoms with Gasteiger partial charge in [-0.15, -0.1) is 0 Å². The highest BCUT2D eigenvalue weighted by atomic mass is 35.5. The lowest BCUT2D eigenvalue weighted by molar-refractivity contribution is -0.118. The molecule has 0 heterocycles. The van der Waals surface area contributed by atoms with Crippen LogP contribution in [0.25, 0.3) is 11.1 Å². The zero-order valence-electron chi connectivity index (χ0n) is 16.1. The lowest BCUT2D eigenvalue weighted by Gasteiger charge is -2.16. The van der Waals surface area contributed by atoms with Gasteiger partial charge in [-0.2, -0.15) is 0 Å². The number of benzene rings is 3. The molecule has 0 aliphatic carbocycles. The van der Waals surface area contributed by atoms with Gasteiger partial charge in [0.1, 0.15) is 5.75 Å². The Morgan fingerprint density at radius 3 is 2.43 bits per heavy atom. The monoisotopic (exact) mass is 393 g/mol. The van der Waals surface area contributed by atoms with Crippen molar-refractivity contribution in [1.82, 2.24) is 0 Å². The molecule has 0 bridgehead atoms. The molecule has 1 N–H and O–H groups in total. The van der Waals surface area contributed by atoms with Gasteiger partial charge in [0.15, 0.2) is 6.61 Å². The molecule has 144 valence electrons. The van der Waals surface area contributed by atoms with Crippen molar-refractivity contribution in [2.45, 2.75) is 26.2 Å². The number of hydrogen-bond donors (Lipinski definition) is 1. The van der Waals surface area contributed by atoms with Gasteiger partial charge < -0.3 is 10.1 Å². The highest BCUT2D eigenvalue weighted by molar-refractivity contribution is 6.32. The molecule has 0 saturated heterocycles. The number of anilines is 1. The van der Waals surface area contributed by atoms with E-state index in [0.29, 0.717) is 16.7 Å². The van der Waals surface area contributed by atoms with Crippen LogP contribution in [-0.2, 0) is 4.79 Å².